The van der Waals surface area contributed by atoms with Crippen molar-refractivity contribution in [3.63, 3.8) is 0 Å². The van der Waals surface area contributed by atoms with Crippen LogP contribution < -0.4 is 5.32 Å². The number of carbonyl (C=O) groups is 3. The van der Waals surface area contributed by atoms with Gasteiger partial charge in [-0.2, -0.15) is 0 Å². The maximum absolute atomic E-state index is 14.8. The maximum Gasteiger partial charge on any atom is 0.265 e. The number of aliphatic hydroxyl groups excluding tert-OH is 2. The van der Waals surface area contributed by atoms with Gasteiger partial charge >= 0.3 is 0 Å². The van der Waals surface area contributed by atoms with Gasteiger partial charge in [0.1, 0.15) is 30.2 Å². The number of benzene rings is 1. The number of Topliss-reactive ketones (excluding diaryl/α,β-unsaturated/α-hetero) is 1. The fraction of sp³-hybridized carbons (Fsp3) is 0.593. The molecular weight excluding hydrogens is 558 g/mol. The number of fused-ring (bicyclic) bond motifs is 8. The molecule has 2 amide bonds. The number of ketones is 1. The van der Waals surface area contributed by atoms with Crippen molar-refractivity contribution in [2.75, 3.05) is 17.8 Å². The molecule has 5 heterocycles. The highest BCUT2D eigenvalue weighted by Crippen LogP contribution is 2.65. The summed E-state index contributed by atoms with van der Waals surface area (Å²) in [4.78, 5) is 41.8. The molecule has 5 aliphatic heterocycles. The smallest absolute Gasteiger partial charge is 0.265 e. The van der Waals surface area contributed by atoms with Crippen LogP contribution in [0.3, 0.4) is 0 Å². The number of thioether (sulfide) groups is 2. The molecule has 1 aromatic carbocycles. The molecule has 3 saturated heterocycles. The van der Waals surface area contributed by atoms with Crippen molar-refractivity contribution < 1.29 is 39.5 Å². The van der Waals surface area contributed by atoms with Gasteiger partial charge < -0.3 is 35.4 Å². The summed E-state index contributed by atoms with van der Waals surface area (Å²) < 4.78 is 6.04. The Hall–Kier alpha value is -2.29. The summed E-state index contributed by atoms with van der Waals surface area (Å²) in [7, 11) is 0. The van der Waals surface area contributed by atoms with Crippen molar-refractivity contribution in [3.8, 4) is 0 Å². The normalized spacial score (nSPS) is 45.9. The van der Waals surface area contributed by atoms with Gasteiger partial charge in [0, 0.05) is 28.7 Å². The summed E-state index contributed by atoms with van der Waals surface area (Å²) in [6.07, 6.45) is -2.44. The molecule has 0 radical (unpaired) electrons. The molecule has 3 unspecified atom stereocenters. The van der Waals surface area contributed by atoms with E-state index in [1.54, 1.807) is 30.5 Å². The fourth-order valence-electron chi connectivity index (χ4n) is 7.97. The first-order chi connectivity index (χ1) is 18.7. The van der Waals surface area contributed by atoms with E-state index in [0.717, 1.165) is 33.3 Å². The van der Waals surface area contributed by atoms with Gasteiger partial charge in [-0.25, -0.2) is 0 Å². The molecule has 5 N–H and O–H groups in total. The van der Waals surface area contributed by atoms with Crippen LogP contribution in [0.15, 0.2) is 35.6 Å². The van der Waals surface area contributed by atoms with Crippen LogP contribution in [-0.4, -0.2) is 106 Å². The second-order valence-corrected chi connectivity index (χ2v) is 14.1. The van der Waals surface area contributed by atoms with Crippen LogP contribution in [0.1, 0.15) is 32.8 Å². The van der Waals surface area contributed by atoms with Crippen LogP contribution in [-0.2, 0) is 24.7 Å². The first kappa shape index (κ1) is 26.6. The zero-order chi connectivity index (χ0) is 28.9. The van der Waals surface area contributed by atoms with E-state index in [9.17, 15) is 34.8 Å². The zero-order valence-electron chi connectivity index (χ0n) is 22.5. The summed E-state index contributed by atoms with van der Waals surface area (Å²) in [5.41, 5.74) is -4.24. The number of rotatable bonds is 2. The van der Waals surface area contributed by atoms with Crippen molar-refractivity contribution in [2.45, 2.75) is 78.7 Å². The number of nitrogens with zero attached hydrogens (tertiary/aromatic N) is 2. The molecule has 0 saturated carbocycles. The number of amides is 2. The highest BCUT2D eigenvalue weighted by atomic mass is 32.2. The first-order valence-electron chi connectivity index (χ1n) is 13.1. The number of hydrogen-bond donors (Lipinski definition) is 5. The van der Waals surface area contributed by atoms with Crippen molar-refractivity contribution in [3.05, 3.63) is 41.2 Å². The number of anilines is 1. The number of nitrogens with one attached hydrogen (secondary N) is 1. The quantitative estimate of drug-likeness (QED) is 0.314. The molecule has 0 bridgehead atoms. The lowest BCUT2D eigenvalue weighted by Gasteiger charge is -2.54. The summed E-state index contributed by atoms with van der Waals surface area (Å²) in [5.74, 6) is -2.04. The van der Waals surface area contributed by atoms with E-state index < -0.39 is 74.5 Å². The Bertz CT molecular complexity index is 1450. The number of hydrogen-bond acceptors (Lipinski definition) is 11. The Balaban J connectivity index is 1.44. The van der Waals surface area contributed by atoms with E-state index in [2.05, 4.69) is 5.32 Å². The minimum absolute atomic E-state index is 0.0981. The molecule has 1 aromatic rings. The lowest BCUT2D eigenvalue weighted by atomic mass is 9.68. The molecule has 40 heavy (non-hydrogen) atoms. The van der Waals surface area contributed by atoms with Crippen molar-refractivity contribution in [2.24, 2.45) is 5.41 Å². The molecular formula is C27H31N3O8S2. The molecule has 13 heteroatoms. The van der Waals surface area contributed by atoms with Gasteiger partial charge in [0.15, 0.2) is 26.7 Å². The van der Waals surface area contributed by atoms with Crippen LogP contribution in [0, 0.1) is 5.41 Å². The summed E-state index contributed by atoms with van der Waals surface area (Å²) >= 11 is 1.74. The monoisotopic (exact) mass is 589 g/mol. The third-order valence-electron chi connectivity index (χ3n) is 10.3. The Morgan fingerprint density at radius 2 is 1.52 bits per heavy atom. The van der Waals surface area contributed by atoms with Crippen LogP contribution >= 0.6 is 23.5 Å². The number of para-hydroxylation sites is 1. The average Bonchev–Trinajstić information content (AvgIpc) is 3.49. The van der Waals surface area contributed by atoms with E-state index in [4.69, 9.17) is 4.74 Å². The minimum Gasteiger partial charge on any atom is -0.494 e. The van der Waals surface area contributed by atoms with Gasteiger partial charge in [-0.05, 0) is 25.5 Å². The summed E-state index contributed by atoms with van der Waals surface area (Å²) in [5, 5.41) is 51.1. The van der Waals surface area contributed by atoms with Gasteiger partial charge in [0.05, 0.1) is 6.04 Å². The topological polar surface area (TPSA) is 160 Å². The minimum atomic E-state index is -2.50. The lowest BCUT2D eigenvalue weighted by Crippen LogP contribution is -2.77. The molecule has 1 aliphatic carbocycles. The van der Waals surface area contributed by atoms with Gasteiger partial charge in [-0.1, -0.05) is 32.0 Å². The third kappa shape index (κ3) is 2.37. The van der Waals surface area contributed by atoms with E-state index in [-0.39, 0.29) is 12.0 Å². The van der Waals surface area contributed by atoms with Gasteiger partial charge in [0.2, 0.25) is 0 Å². The molecule has 3 fully saturated rings. The number of piperazine rings is 1. The first-order valence-corrected chi connectivity index (χ1v) is 15.6. The second-order valence-electron chi connectivity index (χ2n) is 12.0. The molecule has 11 nitrogen and oxygen atoms in total. The van der Waals surface area contributed by atoms with Gasteiger partial charge in [-0.3, -0.25) is 19.3 Å². The Morgan fingerprint density at radius 1 is 0.950 bits per heavy atom. The molecule has 6 aliphatic rings. The zero-order valence-corrected chi connectivity index (χ0v) is 24.2. The molecule has 0 spiro atoms. The number of ether oxygens (including phenoxy) is 1. The largest absolute Gasteiger partial charge is 0.494 e. The number of carbonyl (C=O) groups excluding carboxylic acids is 3. The van der Waals surface area contributed by atoms with E-state index in [1.807, 2.05) is 20.8 Å². The van der Waals surface area contributed by atoms with Gasteiger partial charge in [-0.15, -0.1) is 23.5 Å². The Kier molecular flexibility index (Phi) is 5.02. The maximum atomic E-state index is 14.8. The van der Waals surface area contributed by atoms with Crippen molar-refractivity contribution in [1.82, 2.24) is 9.80 Å². The highest BCUT2D eigenvalue weighted by Gasteiger charge is 2.85. The third-order valence-corrected chi connectivity index (χ3v) is 12.8. The average molecular weight is 590 g/mol. The van der Waals surface area contributed by atoms with Crippen LogP contribution in [0.2, 0.25) is 0 Å². The predicted molar refractivity (Wildman–Crippen MR) is 146 cm³/mol. The Labute approximate surface area is 238 Å². The predicted octanol–water partition coefficient (Wildman–Crippen LogP) is -0.0643. The fourth-order valence-corrected chi connectivity index (χ4v) is 10.1. The molecule has 0 aromatic heterocycles. The summed E-state index contributed by atoms with van der Waals surface area (Å²) in [6, 6.07) is 5.41. The lowest BCUT2D eigenvalue weighted by molar-refractivity contribution is -0.171. The van der Waals surface area contributed by atoms with E-state index in [0.29, 0.717) is 17.0 Å². The Morgan fingerprint density at radius 3 is 2.17 bits per heavy atom. The SMILES string of the molecule is CS[C@]12C(=O)N3[C@H]4Nc5ccccc5C4(O)[C@@H](O)[C@@]3(SC)C(=O)N1C1CC3=C(C(=O)C1(O)[C@H]2O)C(C)(C)[C@H](C)O3. The van der Waals surface area contributed by atoms with Crippen molar-refractivity contribution >= 4 is 46.8 Å². The second kappa shape index (κ2) is 7.56. The highest BCUT2D eigenvalue weighted by molar-refractivity contribution is 8.01. The van der Waals surface area contributed by atoms with Crippen LogP contribution in [0.5, 0.6) is 0 Å². The van der Waals surface area contributed by atoms with Crippen LogP contribution in [0.4, 0.5) is 5.69 Å². The standard InChI is InChI=1S/C27H31N3O8S2/c1-11-23(2,3)16-14(38-11)10-15-25(37,17(16)31)19(33)26(39-4)22(35)30-20-24(36,12-8-6-7-9-13(12)28-20)18(32)27(30,40-5)21(34)29(15)26/h6-9,11,15,18-20,28,32-33,36-37H,10H2,1-5H3/t11-,15?,18+,19+,20+,24?,25?,26+,27+/m0/s1. The summed E-state index contributed by atoms with van der Waals surface area (Å²) in [6.45, 7) is 5.44. The van der Waals surface area contributed by atoms with Crippen molar-refractivity contribution in [1.29, 1.82) is 0 Å². The molecule has 214 valence electrons. The number of aliphatic hydroxyl groups is 4. The van der Waals surface area contributed by atoms with Crippen LogP contribution in [0.25, 0.3) is 0 Å². The van der Waals surface area contributed by atoms with Gasteiger partial charge in [0.25, 0.3) is 11.8 Å². The molecule has 7 rings (SSSR count). The molecule has 9 atom stereocenters. The van der Waals surface area contributed by atoms with E-state index in [1.165, 1.54) is 6.26 Å². The van der Waals surface area contributed by atoms with E-state index >= 15 is 0 Å².